The number of nitrogens with zero attached hydrogens (tertiary/aromatic N) is 1. The number of rotatable bonds is 10. The fourth-order valence-corrected chi connectivity index (χ4v) is 4.58. The van der Waals surface area contributed by atoms with Crippen LogP contribution in [0, 0.1) is 0 Å². The molecular formula is C16H20F22NP. The molecule has 0 unspecified atom stereocenters. The van der Waals surface area contributed by atoms with Crippen molar-refractivity contribution in [1.82, 2.24) is 0 Å². The molecule has 0 aromatic carbocycles. The van der Waals surface area contributed by atoms with E-state index < -0.39 is 54.6 Å². The summed E-state index contributed by atoms with van der Waals surface area (Å²) in [6, 6.07) is 0. The molecule has 1 nitrogen and oxygen atoms in total. The standard InChI is InChI=1S/C8F22P.C8H20N/c9-1(10,5(17,18)19)3(13,14)7(23,24)31(27,28,29,30)8(25,26)4(15,16)2(11,12)6(20,21)22;1-5-9(6-2,7-3)8-4/h;5-8H2,1-4H3/q-1;+1. The molecule has 248 valence electrons. The quantitative estimate of drug-likeness (QED) is 0.123. The molecular weight excluding hydrogens is 655 g/mol. The third kappa shape index (κ3) is 5.26. The molecule has 0 saturated carbocycles. The van der Waals surface area contributed by atoms with E-state index in [1.165, 1.54) is 30.7 Å². The molecule has 40 heavy (non-hydrogen) atoms. The molecule has 0 aromatic heterocycles. The van der Waals surface area contributed by atoms with Crippen molar-refractivity contribution in [1.29, 1.82) is 0 Å². The SMILES string of the molecule is CC[N+](CC)(CC)CC.FC(F)(F)C(F)(F)C(F)(F)C(F)(F)[P-](F)(F)(F)(F)C(F)(F)C(F)(F)C(F)(F)C(F)(F)F. The first-order valence-corrected chi connectivity index (χ1v) is 12.4. The Kier molecular flexibility index (Phi) is 10.2. The van der Waals surface area contributed by atoms with Crippen LogP contribution in [0.4, 0.5) is 95.8 Å². The molecule has 0 fully saturated rings. The van der Waals surface area contributed by atoms with Crippen molar-refractivity contribution < 1.29 is 100 Å². The van der Waals surface area contributed by atoms with Gasteiger partial charge in [-0.15, -0.1) is 0 Å². The van der Waals surface area contributed by atoms with Gasteiger partial charge in [-0.3, -0.25) is 0 Å². The van der Waals surface area contributed by atoms with Gasteiger partial charge in [0.25, 0.3) is 0 Å². The molecule has 0 saturated heterocycles. The molecule has 0 aliphatic carbocycles. The first-order chi connectivity index (χ1) is 16.8. The van der Waals surface area contributed by atoms with Crippen LogP contribution in [0.25, 0.3) is 0 Å². The Morgan fingerprint density at radius 1 is 0.375 bits per heavy atom. The van der Waals surface area contributed by atoms with Gasteiger partial charge in [-0.05, 0) is 27.7 Å². The second kappa shape index (κ2) is 9.96. The van der Waals surface area contributed by atoms with Gasteiger partial charge < -0.3 is 4.48 Å². The van der Waals surface area contributed by atoms with E-state index in [-0.39, 0.29) is 0 Å². The summed E-state index contributed by atoms with van der Waals surface area (Å²) in [4.78, 5) is 0. The van der Waals surface area contributed by atoms with E-state index in [0.29, 0.717) is 0 Å². The first-order valence-electron chi connectivity index (χ1n) is 10.1. The minimum atomic E-state index is -15.2. The summed E-state index contributed by atoms with van der Waals surface area (Å²) in [5, 5.41) is 0. The number of halogens is 22. The van der Waals surface area contributed by atoms with Crippen LogP contribution in [0.1, 0.15) is 27.7 Å². The average Bonchev–Trinajstić information content (AvgIpc) is 2.73. The zero-order chi connectivity index (χ0) is 33.7. The zero-order valence-corrected chi connectivity index (χ0v) is 20.9. The molecule has 0 radical (unpaired) electrons. The van der Waals surface area contributed by atoms with Crippen molar-refractivity contribution in [2.45, 2.75) is 75.1 Å². The molecule has 0 atom stereocenters. The number of alkyl halides is 18. The Balaban J connectivity index is 0. The van der Waals surface area contributed by atoms with Crippen molar-refractivity contribution in [2.24, 2.45) is 0 Å². The van der Waals surface area contributed by atoms with Crippen LogP contribution in [0.15, 0.2) is 0 Å². The molecule has 0 aliphatic heterocycles. The van der Waals surface area contributed by atoms with Crippen LogP contribution in [0.5, 0.6) is 0 Å². The van der Waals surface area contributed by atoms with Gasteiger partial charge in [0.15, 0.2) is 0 Å². The summed E-state index contributed by atoms with van der Waals surface area (Å²) < 4.78 is 277. The second-order valence-corrected chi connectivity index (χ2v) is 11.6. The summed E-state index contributed by atoms with van der Waals surface area (Å²) in [5.41, 5.74) is -20.5. The van der Waals surface area contributed by atoms with Crippen molar-refractivity contribution >= 4 is 7.19 Å². The fraction of sp³-hybridized carbons (Fsp3) is 1.00. The minimum absolute atomic E-state index is 1.28. The third-order valence-corrected chi connectivity index (χ3v) is 8.89. The zero-order valence-electron chi connectivity index (χ0n) is 20.0. The topological polar surface area (TPSA) is 0 Å². The predicted molar refractivity (Wildman–Crippen MR) is 95.6 cm³/mol. The van der Waals surface area contributed by atoms with Gasteiger partial charge in [0.05, 0.1) is 26.2 Å². The molecule has 0 amide bonds. The maximum atomic E-state index is 13.1. The van der Waals surface area contributed by atoms with Gasteiger partial charge in [0, 0.05) is 0 Å². The van der Waals surface area contributed by atoms with E-state index in [2.05, 4.69) is 27.7 Å². The summed E-state index contributed by atoms with van der Waals surface area (Å²) in [6.07, 6.45) is -16.5. The van der Waals surface area contributed by atoms with Gasteiger partial charge >= 0.3 is 150 Å². The summed E-state index contributed by atoms with van der Waals surface area (Å²) >= 11 is 0. The summed E-state index contributed by atoms with van der Waals surface area (Å²) in [5.74, 6) is -36.7. The second-order valence-electron chi connectivity index (χ2n) is 8.15. The molecule has 0 aliphatic rings. The maximum absolute atomic E-state index is 15.2. The number of quaternary nitrogens is 1. The Morgan fingerprint density at radius 3 is 0.650 bits per heavy atom. The van der Waals surface area contributed by atoms with E-state index in [0.717, 1.165) is 0 Å². The van der Waals surface area contributed by atoms with E-state index in [1.54, 1.807) is 0 Å². The molecule has 0 N–H and O–H groups in total. The molecule has 0 rings (SSSR count). The Hall–Kier alpha value is -1.15. The van der Waals surface area contributed by atoms with Crippen LogP contribution >= 0.6 is 7.19 Å². The molecule has 0 bridgehead atoms. The van der Waals surface area contributed by atoms with Gasteiger partial charge in [0.2, 0.25) is 0 Å². The van der Waals surface area contributed by atoms with Gasteiger partial charge in [-0.2, -0.15) is 0 Å². The third-order valence-electron chi connectivity index (χ3n) is 6.07. The predicted octanol–water partition coefficient (Wildman–Crippen LogP) is 10.3. The van der Waals surface area contributed by atoms with Gasteiger partial charge in [-0.1, -0.05) is 0 Å². The Labute approximate surface area is 210 Å². The van der Waals surface area contributed by atoms with Crippen molar-refractivity contribution in [2.75, 3.05) is 26.2 Å². The van der Waals surface area contributed by atoms with Crippen molar-refractivity contribution in [3.63, 3.8) is 0 Å². The number of hydrogen-bond acceptors (Lipinski definition) is 0. The van der Waals surface area contributed by atoms with Crippen molar-refractivity contribution in [3.8, 4) is 0 Å². The molecule has 0 spiro atoms. The molecule has 0 aromatic rings. The van der Waals surface area contributed by atoms with Crippen LogP contribution in [-0.2, 0) is 0 Å². The van der Waals surface area contributed by atoms with Crippen LogP contribution in [0.2, 0.25) is 0 Å². The average molecular weight is 675 g/mol. The van der Waals surface area contributed by atoms with Crippen LogP contribution < -0.4 is 0 Å². The fourth-order valence-electron chi connectivity index (χ4n) is 2.82. The van der Waals surface area contributed by atoms with Gasteiger partial charge in [-0.25, -0.2) is 0 Å². The van der Waals surface area contributed by atoms with Crippen LogP contribution in [0.3, 0.4) is 0 Å². The Morgan fingerprint density at radius 2 is 0.550 bits per heavy atom. The van der Waals surface area contributed by atoms with Gasteiger partial charge in [0.1, 0.15) is 0 Å². The first kappa shape index (κ1) is 41.0. The normalized spacial score (nSPS) is 17.6. The molecule has 0 heterocycles. The van der Waals surface area contributed by atoms with Crippen molar-refractivity contribution in [3.05, 3.63) is 0 Å². The number of hydrogen-bond donors (Lipinski definition) is 0. The van der Waals surface area contributed by atoms with E-state index in [1.807, 2.05) is 0 Å². The van der Waals surface area contributed by atoms with E-state index >= 15 is 0 Å². The monoisotopic (exact) mass is 675 g/mol. The molecule has 24 heteroatoms. The summed E-state index contributed by atoms with van der Waals surface area (Å²) in [6.45, 7) is 14.2. The van der Waals surface area contributed by atoms with E-state index in [4.69, 9.17) is 0 Å². The van der Waals surface area contributed by atoms with E-state index in [9.17, 15) is 95.8 Å². The summed E-state index contributed by atoms with van der Waals surface area (Å²) in [7, 11) is -15.2. The Bertz CT molecular complexity index is 800. The van der Waals surface area contributed by atoms with Crippen LogP contribution in [-0.4, -0.2) is 78.0 Å².